The van der Waals surface area contributed by atoms with E-state index in [2.05, 4.69) is 10.3 Å². The molecule has 2 N–H and O–H groups in total. The third kappa shape index (κ3) is 4.86. The third-order valence-corrected chi connectivity index (χ3v) is 6.30. The number of nitrogens with one attached hydrogen (secondary N) is 2. The van der Waals surface area contributed by atoms with Crippen LogP contribution in [0.1, 0.15) is 30.3 Å². The van der Waals surface area contributed by atoms with E-state index < -0.39 is 0 Å². The van der Waals surface area contributed by atoms with Gasteiger partial charge in [0.1, 0.15) is 10.8 Å². The molecule has 29 heavy (non-hydrogen) atoms. The summed E-state index contributed by atoms with van der Waals surface area (Å²) in [5.41, 5.74) is 1.82. The van der Waals surface area contributed by atoms with Gasteiger partial charge >= 0.3 is 0 Å². The van der Waals surface area contributed by atoms with Crippen LogP contribution < -0.4 is 15.0 Å². The average Bonchev–Trinajstić information content (AvgIpc) is 3.51. The van der Waals surface area contributed by atoms with Crippen molar-refractivity contribution >= 4 is 17.2 Å². The van der Waals surface area contributed by atoms with Crippen molar-refractivity contribution < 1.29 is 18.8 Å². The standard InChI is InChI=1S/C22H25N3O3S/c1-27-18-8-6-16(7-9-18)22-24-17(15-29-22)13-21(26)23-14-19(20-5-4-12-28-20)25-10-2-3-11-25/h4-9,12,15,19H,2-3,10-11,13-14H2,1H3,(H,23,26)/p+1/t19-/m0/s1. The van der Waals surface area contributed by atoms with E-state index in [1.54, 1.807) is 24.7 Å². The first-order valence-electron chi connectivity index (χ1n) is 9.96. The molecular weight excluding hydrogens is 386 g/mol. The Bertz CT molecular complexity index is 915. The molecule has 1 atom stereocenters. The van der Waals surface area contributed by atoms with Gasteiger partial charge in [0.15, 0.2) is 11.8 Å². The third-order valence-electron chi connectivity index (χ3n) is 5.36. The summed E-state index contributed by atoms with van der Waals surface area (Å²) in [7, 11) is 1.65. The fourth-order valence-corrected chi connectivity index (χ4v) is 4.64. The Morgan fingerprint density at radius 2 is 2.07 bits per heavy atom. The number of likely N-dealkylation sites (tertiary alicyclic amines) is 1. The van der Waals surface area contributed by atoms with Crippen LogP contribution in [0.2, 0.25) is 0 Å². The van der Waals surface area contributed by atoms with Gasteiger partial charge in [-0.2, -0.15) is 0 Å². The Kier molecular flexibility index (Phi) is 6.27. The van der Waals surface area contributed by atoms with Crippen LogP contribution in [0.4, 0.5) is 0 Å². The maximum atomic E-state index is 12.5. The molecule has 7 heteroatoms. The maximum Gasteiger partial charge on any atom is 0.226 e. The van der Waals surface area contributed by atoms with Crippen LogP contribution in [0, 0.1) is 0 Å². The highest BCUT2D eigenvalue weighted by Crippen LogP contribution is 2.25. The van der Waals surface area contributed by atoms with E-state index in [4.69, 9.17) is 9.15 Å². The van der Waals surface area contributed by atoms with Gasteiger partial charge in [0, 0.05) is 23.8 Å². The monoisotopic (exact) mass is 412 g/mol. The van der Waals surface area contributed by atoms with E-state index >= 15 is 0 Å². The lowest BCUT2D eigenvalue weighted by atomic mass is 10.2. The van der Waals surface area contributed by atoms with Crippen molar-refractivity contribution in [3.8, 4) is 16.3 Å². The Labute approximate surface area is 174 Å². The lowest BCUT2D eigenvalue weighted by Crippen LogP contribution is -3.11. The second-order valence-corrected chi connectivity index (χ2v) is 8.14. The minimum absolute atomic E-state index is 0.00765. The van der Waals surface area contributed by atoms with Gasteiger partial charge < -0.3 is 19.4 Å². The van der Waals surface area contributed by atoms with E-state index in [1.165, 1.54) is 17.7 Å². The van der Waals surface area contributed by atoms with Gasteiger partial charge in [-0.05, 0) is 36.4 Å². The highest BCUT2D eigenvalue weighted by atomic mass is 32.1. The molecule has 0 unspecified atom stereocenters. The minimum atomic E-state index is -0.00765. The molecule has 1 amide bonds. The highest BCUT2D eigenvalue weighted by Gasteiger charge is 2.29. The normalized spacial score (nSPS) is 15.3. The van der Waals surface area contributed by atoms with Crippen LogP contribution in [0.3, 0.4) is 0 Å². The van der Waals surface area contributed by atoms with E-state index in [9.17, 15) is 4.79 Å². The van der Waals surface area contributed by atoms with Crippen LogP contribution in [0.15, 0.2) is 52.5 Å². The quantitative estimate of drug-likeness (QED) is 0.597. The van der Waals surface area contributed by atoms with Gasteiger partial charge in [-0.25, -0.2) is 4.98 Å². The summed E-state index contributed by atoms with van der Waals surface area (Å²) in [6.07, 6.45) is 4.45. The summed E-state index contributed by atoms with van der Waals surface area (Å²) >= 11 is 1.55. The summed E-state index contributed by atoms with van der Waals surface area (Å²) in [4.78, 5) is 18.6. The molecule has 0 saturated carbocycles. The molecule has 0 aliphatic carbocycles. The second-order valence-electron chi connectivity index (χ2n) is 7.29. The smallest absolute Gasteiger partial charge is 0.226 e. The summed E-state index contributed by atoms with van der Waals surface area (Å²) in [6, 6.07) is 11.9. The molecule has 152 valence electrons. The average molecular weight is 413 g/mol. The SMILES string of the molecule is COc1ccc(-c2nc(CC(=O)NC[C@@H](c3ccco3)[NH+]3CCCC3)cs2)cc1. The van der Waals surface area contributed by atoms with E-state index in [1.807, 2.05) is 41.8 Å². The summed E-state index contributed by atoms with van der Waals surface area (Å²) in [5, 5.41) is 5.95. The van der Waals surface area contributed by atoms with Crippen LogP contribution in [0.5, 0.6) is 5.75 Å². The van der Waals surface area contributed by atoms with Crippen LogP contribution in [-0.2, 0) is 11.2 Å². The molecule has 1 aliphatic rings. The number of carbonyl (C=O) groups is 1. The maximum absolute atomic E-state index is 12.5. The minimum Gasteiger partial charge on any atom is -0.497 e. The summed E-state index contributed by atoms with van der Waals surface area (Å²) in [5.74, 6) is 1.75. The van der Waals surface area contributed by atoms with Crippen molar-refractivity contribution in [2.45, 2.75) is 25.3 Å². The molecule has 0 bridgehead atoms. The largest absolute Gasteiger partial charge is 0.497 e. The van der Waals surface area contributed by atoms with Crippen LogP contribution in [0.25, 0.3) is 10.6 Å². The molecule has 0 radical (unpaired) electrons. The van der Waals surface area contributed by atoms with Crippen molar-refractivity contribution in [3.63, 3.8) is 0 Å². The molecule has 3 aromatic rings. The molecule has 1 aromatic carbocycles. The van der Waals surface area contributed by atoms with E-state index in [0.717, 1.165) is 40.9 Å². The van der Waals surface area contributed by atoms with Gasteiger partial charge in [-0.1, -0.05) is 0 Å². The van der Waals surface area contributed by atoms with Crippen molar-refractivity contribution in [2.24, 2.45) is 0 Å². The summed E-state index contributed by atoms with van der Waals surface area (Å²) in [6.45, 7) is 2.83. The number of quaternary nitrogens is 1. The molecule has 0 spiro atoms. The van der Waals surface area contributed by atoms with E-state index in [-0.39, 0.29) is 18.4 Å². The first-order valence-corrected chi connectivity index (χ1v) is 10.8. The zero-order chi connectivity index (χ0) is 20.1. The van der Waals surface area contributed by atoms with Gasteiger partial charge in [0.05, 0.1) is 45.1 Å². The Hall–Kier alpha value is -2.64. The number of carbonyl (C=O) groups excluding carboxylic acids is 1. The zero-order valence-corrected chi connectivity index (χ0v) is 17.3. The van der Waals surface area contributed by atoms with Gasteiger partial charge in [-0.15, -0.1) is 11.3 Å². The Morgan fingerprint density at radius 3 is 2.76 bits per heavy atom. The number of methoxy groups -OCH3 is 1. The number of aromatic nitrogens is 1. The first kappa shape index (κ1) is 19.7. The lowest BCUT2D eigenvalue weighted by Gasteiger charge is -2.23. The molecule has 3 heterocycles. The molecular formula is C22H26N3O3S+. The Morgan fingerprint density at radius 1 is 1.28 bits per heavy atom. The fraction of sp³-hybridized carbons (Fsp3) is 0.364. The molecule has 4 rings (SSSR count). The fourth-order valence-electron chi connectivity index (χ4n) is 3.81. The molecule has 1 fully saturated rings. The van der Waals surface area contributed by atoms with Gasteiger partial charge in [0.2, 0.25) is 5.91 Å². The number of hydrogen-bond acceptors (Lipinski definition) is 5. The van der Waals surface area contributed by atoms with E-state index in [0.29, 0.717) is 6.54 Å². The van der Waals surface area contributed by atoms with Crippen molar-refractivity contribution in [1.82, 2.24) is 10.3 Å². The molecule has 2 aromatic heterocycles. The summed E-state index contributed by atoms with van der Waals surface area (Å²) < 4.78 is 10.8. The van der Waals surface area contributed by atoms with Crippen molar-refractivity contribution in [1.29, 1.82) is 0 Å². The number of ether oxygens (including phenoxy) is 1. The number of thiazole rings is 1. The number of benzene rings is 1. The number of nitrogens with zero attached hydrogens (tertiary/aromatic N) is 1. The molecule has 1 aliphatic heterocycles. The van der Waals surface area contributed by atoms with Crippen LogP contribution in [-0.4, -0.2) is 37.6 Å². The highest BCUT2D eigenvalue weighted by molar-refractivity contribution is 7.13. The van der Waals surface area contributed by atoms with Crippen LogP contribution >= 0.6 is 11.3 Å². The second kappa shape index (κ2) is 9.24. The lowest BCUT2D eigenvalue weighted by molar-refractivity contribution is -0.919. The topological polar surface area (TPSA) is 68.8 Å². The van der Waals surface area contributed by atoms with Crippen molar-refractivity contribution in [2.75, 3.05) is 26.7 Å². The van der Waals surface area contributed by atoms with Gasteiger partial charge in [-0.3, -0.25) is 4.79 Å². The number of hydrogen-bond donors (Lipinski definition) is 2. The molecule has 1 saturated heterocycles. The predicted molar refractivity (Wildman–Crippen MR) is 112 cm³/mol. The Balaban J connectivity index is 1.35. The predicted octanol–water partition coefficient (Wildman–Crippen LogP) is 2.49. The van der Waals surface area contributed by atoms with Crippen molar-refractivity contribution in [3.05, 3.63) is 59.5 Å². The first-order chi connectivity index (χ1) is 14.2. The van der Waals surface area contributed by atoms with Gasteiger partial charge in [0.25, 0.3) is 0 Å². The zero-order valence-electron chi connectivity index (χ0n) is 16.5. The number of amides is 1. The molecule has 6 nitrogen and oxygen atoms in total. The number of rotatable bonds is 8. The number of furan rings is 1.